The van der Waals surface area contributed by atoms with Crippen molar-refractivity contribution in [2.75, 3.05) is 11.4 Å². The van der Waals surface area contributed by atoms with Crippen LogP contribution in [0.15, 0.2) is 36.5 Å². The van der Waals surface area contributed by atoms with Gasteiger partial charge in [-0.2, -0.15) is 0 Å². The van der Waals surface area contributed by atoms with E-state index in [1.54, 1.807) is 18.3 Å². The molecule has 0 saturated carbocycles. The number of alkyl halides is 1. The summed E-state index contributed by atoms with van der Waals surface area (Å²) in [6, 6.07) is 8.71. The predicted molar refractivity (Wildman–Crippen MR) is 77.6 cm³/mol. The van der Waals surface area contributed by atoms with Crippen LogP contribution in [0, 0.1) is 12.7 Å². The Morgan fingerprint density at radius 1 is 1.32 bits per heavy atom. The molecule has 2 aromatic rings. The molecule has 0 unspecified atom stereocenters. The highest BCUT2D eigenvalue weighted by atomic mass is 35.5. The lowest BCUT2D eigenvalue weighted by atomic mass is 10.2. The molecular formula is C15H16ClFN2. The fraction of sp³-hybridized carbons (Fsp3) is 0.267. The van der Waals surface area contributed by atoms with Crippen molar-refractivity contribution in [3.63, 3.8) is 0 Å². The summed E-state index contributed by atoms with van der Waals surface area (Å²) in [6.07, 6.45) is 1.73. The number of halogens is 2. The highest BCUT2D eigenvalue weighted by molar-refractivity contribution is 6.17. The zero-order valence-corrected chi connectivity index (χ0v) is 11.8. The van der Waals surface area contributed by atoms with E-state index in [0.29, 0.717) is 18.1 Å². The molecule has 19 heavy (non-hydrogen) atoms. The van der Waals surface area contributed by atoms with Gasteiger partial charge in [0.05, 0.1) is 5.69 Å². The van der Waals surface area contributed by atoms with Gasteiger partial charge < -0.3 is 4.90 Å². The lowest BCUT2D eigenvalue weighted by Crippen LogP contribution is -2.19. The molecule has 0 radical (unpaired) electrons. The van der Waals surface area contributed by atoms with Gasteiger partial charge in [0.15, 0.2) is 0 Å². The van der Waals surface area contributed by atoms with Crippen LogP contribution in [0.3, 0.4) is 0 Å². The predicted octanol–water partition coefficient (Wildman–Crippen LogP) is 4.43. The maximum atomic E-state index is 13.9. The Balaban J connectivity index is 2.46. The molecule has 0 aliphatic rings. The van der Waals surface area contributed by atoms with E-state index in [2.05, 4.69) is 4.98 Å². The highest BCUT2D eigenvalue weighted by Gasteiger charge is 2.14. The molecule has 0 bridgehead atoms. The molecular weight excluding hydrogens is 263 g/mol. The number of pyridine rings is 1. The number of nitrogens with zero attached hydrogens (tertiary/aromatic N) is 2. The maximum absolute atomic E-state index is 13.9. The van der Waals surface area contributed by atoms with E-state index in [4.69, 9.17) is 11.6 Å². The largest absolute Gasteiger partial charge is 0.324 e. The van der Waals surface area contributed by atoms with E-state index >= 15 is 0 Å². The minimum atomic E-state index is -0.244. The Hall–Kier alpha value is -1.61. The van der Waals surface area contributed by atoms with Crippen molar-refractivity contribution < 1.29 is 4.39 Å². The van der Waals surface area contributed by atoms with Crippen LogP contribution in [0.25, 0.3) is 0 Å². The van der Waals surface area contributed by atoms with E-state index in [-0.39, 0.29) is 5.82 Å². The third kappa shape index (κ3) is 2.87. The van der Waals surface area contributed by atoms with Gasteiger partial charge in [-0.15, -0.1) is 11.6 Å². The second-order valence-corrected chi connectivity index (χ2v) is 4.58. The molecule has 100 valence electrons. The van der Waals surface area contributed by atoms with Gasteiger partial charge in [0.2, 0.25) is 0 Å². The second kappa shape index (κ2) is 6.02. The molecule has 2 rings (SSSR count). The molecule has 0 amide bonds. The normalized spacial score (nSPS) is 10.5. The first kappa shape index (κ1) is 13.8. The van der Waals surface area contributed by atoms with Gasteiger partial charge in [-0.05, 0) is 43.2 Å². The van der Waals surface area contributed by atoms with Crippen LogP contribution >= 0.6 is 11.6 Å². The zero-order valence-electron chi connectivity index (χ0n) is 11.0. The molecule has 1 aromatic carbocycles. The summed E-state index contributed by atoms with van der Waals surface area (Å²) in [5.41, 5.74) is 2.50. The molecule has 0 aliphatic heterocycles. The molecule has 2 nitrogen and oxygen atoms in total. The van der Waals surface area contributed by atoms with Gasteiger partial charge in [0.1, 0.15) is 11.6 Å². The van der Waals surface area contributed by atoms with Gasteiger partial charge in [0, 0.05) is 18.6 Å². The number of para-hydroxylation sites is 1. The van der Waals surface area contributed by atoms with Crippen molar-refractivity contribution in [1.82, 2.24) is 4.98 Å². The van der Waals surface area contributed by atoms with Crippen LogP contribution in [0.2, 0.25) is 0 Å². The Kier molecular flexibility index (Phi) is 4.38. The first-order valence-corrected chi connectivity index (χ1v) is 6.74. The first-order chi connectivity index (χ1) is 9.17. The third-order valence-electron chi connectivity index (χ3n) is 2.98. The van der Waals surface area contributed by atoms with Crippen molar-refractivity contribution in [3.8, 4) is 0 Å². The summed E-state index contributed by atoms with van der Waals surface area (Å²) in [4.78, 5) is 6.28. The molecule has 0 spiro atoms. The summed E-state index contributed by atoms with van der Waals surface area (Å²) < 4.78 is 13.9. The molecule has 4 heteroatoms. The summed E-state index contributed by atoms with van der Waals surface area (Å²) in [7, 11) is 0. The molecule has 0 atom stereocenters. The van der Waals surface area contributed by atoms with Crippen LogP contribution < -0.4 is 4.90 Å². The lowest BCUT2D eigenvalue weighted by molar-refractivity contribution is 0.625. The van der Waals surface area contributed by atoms with Gasteiger partial charge in [-0.25, -0.2) is 9.37 Å². The smallest absolute Gasteiger partial charge is 0.146 e. The quantitative estimate of drug-likeness (QED) is 0.769. The number of aromatic nitrogens is 1. The standard InChI is InChI=1S/C15H16ClFN2/c1-3-19(14-7-5-4-6-13(14)17)15-11(2)8-12(9-16)10-18-15/h4-8,10H,3,9H2,1-2H3. The molecule has 0 saturated heterocycles. The summed E-state index contributed by atoms with van der Waals surface area (Å²) in [6.45, 7) is 4.58. The SMILES string of the molecule is CCN(c1ccccc1F)c1ncc(CCl)cc1C. The van der Waals surface area contributed by atoms with Crippen molar-refractivity contribution >= 4 is 23.1 Å². The first-order valence-electron chi connectivity index (χ1n) is 6.21. The lowest BCUT2D eigenvalue weighted by Gasteiger charge is -2.24. The topological polar surface area (TPSA) is 16.1 Å². The fourth-order valence-corrected chi connectivity index (χ4v) is 2.23. The summed E-state index contributed by atoms with van der Waals surface area (Å²) in [5.74, 6) is 0.952. The van der Waals surface area contributed by atoms with Crippen LogP contribution in [0.4, 0.5) is 15.9 Å². The average Bonchev–Trinajstić information content (AvgIpc) is 2.43. The molecule has 1 heterocycles. The fourth-order valence-electron chi connectivity index (χ4n) is 2.09. The van der Waals surface area contributed by atoms with Gasteiger partial charge in [0.25, 0.3) is 0 Å². The van der Waals surface area contributed by atoms with E-state index in [0.717, 1.165) is 16.9 Å². The maximum Gasteiger partial charge on any atom is 0.146 e. The van der Waals surface area contributed by atoms with E-state index < -0.39 is 0 Å². The number of benzene rings is 1. The van der Waals surface area contributed by atoms with Crippen LogP contribution in [-0.2, 0) is 5.88 Å². The van der Waals surface area contributed by atoms with Gasteiger partial charge in [-0.1, -0.05) is 12.1 Å². The van der Waals surface area contributed by atoms with Crippen LogP contribution in [0.1, 0.15) is 18.1 Å². The third-order valence-corrected chi connectivity index (χ3v) is 3.29. The van der Waals surface area contributed by atoms with Crippen LogP contribution in [0.5, 0.6) is 0 Å². The Morgan fingerprint density at radius 3 is 2.63 bits per heavy atom. The Morgan fingerprint density at radius 2 is 2.05 bits per heavy atom. The minimum Gasteiger partial charge on any atom is -0.324 e. The van der Waals surface area contributed by atoms with Crippen LogP contribution in [-0.4, -0.2) is 11.5 Å². The number of anilines is 2. The van der Waals surface area contributed by atoms with E-state index in [1.807, 2.05) is 30.9 Å². The minimum absolute atomic E-state index is 0.244. The summed E-state index contributed by atoms with van der Waals surface area (Å²) >= 11 is 5.79. The van der Waals surface area contributed by atoms with Crippen molar-refractivity contribution in [1.29, 1.82) is 0 Å². The van der Waals surface area contributed by atoms with E-state index in [1.165, 1.54) is 6.07 Å². The van der Waals surface area contributed by atoms with Crippen molar-refractivity contribution in [3.05, 3.63) is 53.5 Å². The molecule has 1 aromatic heterocycles. The number of hydrogen-bond donors (Lipinski definition) is 0. The number of hydrogen-bond acceptors (Lipinski definition) is 2. The summed E-state index contributed by atoms with van der Waals surface area (Å²) in [5, 5.41) is 0. The Labute approximate surface area is 117 Å². The number of rotatable bonds is 4. The zero-order chi connectivity index (χ0) is 13.8. The Bertz CT molecular complexity index is 572. The molecule has 0 aliphatic carbocycles. The van der Waals surface area contributed by atoms with Gasteiger partial charge >= 0.3 is 0 Å². The average molecular weight is 279 g/mol. The van der Waals surface area contributed by atoms with Crippen molar-refractivity contribution in [2.24, 2.45) is 0 Å². The molecule has 0 fully saturated rings. The monoisotopic (exact) mass is 278 g/mol. The van der Waals surface area contributed by atoms with Gasteiger partial charge in [-0.3, -0.25) is 0 Å². The number of aryl methyl sites for hydroxylation is 1. The molecule has 0 N–H and O–H groups in total. The second-order valence-electron chi connectivity index (χ2n) is 4.31. The van der Waals surface area contributed by atoms with E-state index in [9.17, 15) is 4.39 Å². The van der Waals surface area contributed by atoms with Crippen molar-refractivity contribution in [2.45, 2.75) is 19.7 Å². The highest BCUT2D eigenvalue weighted by Crippen LogP contribution is 2.28.